The second kappa shape index (κ2) is 20.5. The van der Waals surface area contributed by atoms with E-state index in [9.17, 15) is 42.6 Å². The number of sulfonamides is 1. The zero-order valence-corrected chi connectivity index (χ0v) is 35.9. The normalized spacial score (nSPS) is 17.8. The number of aromatic hydroxyl groups is 2. The number of phenols is 2. The Kier molecular flexibility index (Phi) is 15.5. The number of nitrogens with zero attached hydrogens (tertiary/aromatic N) is 1. The summed E-state index contributed by atoms with van der Waals surface area (Å²) in [7, 11) is -2.62. The monoisotopic (exact) mass is 887 g/mol. The summed E-state index contributed by atoms with van der Waals surface area (Å²) in [4.78, 5) is 71.0. The van der Waals surface area contributed by atoms with Crippen LogP contribution in [0.15, 0.2) is 96.4 Å². The highest BCUT2D eigenvalue weighted by Crippen LogP contribution is 2.39. The number of hydrogen-bond donors (Lipinski definition) is 8. The van der Waals surface area contributed by atoms with Crippen molar-refractivity contribution in [3.05, 3.63) is 118 Å². The van der Waals surface area contributed by atoms with Gasteiger partial charge in [0, 0.05) is 46.6 Å². The number of hydrogen-bond acceptors (Lipinski definition) is 10. The number of fused-ring (bicyclic) bond motifs is 5. The fourth-order valence-corrected chi connectivity index (χ4v) is 7.52. The molecular formula is C44H50ClN7O9S. The third-order valence-electron chi connectivity index (χ3n) is 10.3. The number of carbonyl (C=O) groups excluding carboxylic acids is 5. The number of phenolic OH excluding ortho intramolecular Hbond substituents is 2. The van der Waals surface area contributed by atoms with E-state index in [0.29, 0.717) is 30.0 Å². The average molecular weight is 888 g/mol. The highest BCUT2D eigenvalue weighted by molar-refractivity contribution is 7.92. The molecule has 4 aromatic rings. The van der Waals surface area contributed by atoms with Crippen LogP contribution in [0.5, 0.6) is 11.5 Å². The van der Waals surface area contributed by atoms with Gasteiger partial charge in [0.05, 0.1) is 0 Å². The summed E-state index contributed by atoms with van der Waals surface area (Å²) in [6.45, 7) is 3.22. The van der Waals surface area contributed by atoms with Crippen molar-refractivity contribution in [2.75, 3.05) is 13.6 Å². The Hall–Kier alpha value is -6.27. The number of nitrogens with one attached hydrogen (secondary N) is 4. The van der Waals surface area contributed by atoms with Gasteiger partial charge in [-0.25, -0.2) is 13.6 Å². The van der Waals surface area contributed by atoms with E-state index >= 15 is 0 Å². The molecule has 4 aromatic carbocycles. The van der Waals surface area contributed by atoms with Crippen molar-refractivity contribution in [3.8, 4) is 33.8 Å². The summed E-state index contributed by atoms with van der Waals surface area (Å²) in [6, 6.07) is 16.6. The van der Waals surface area contributed by atoms with Crippen molar-refractivity contribution in [2.24, 2.45) is 10.9 Å². The Morgan fingerprint density at radius 2 is 1.50 bits per heavy atom. The van der Waals surface area contributed by atoms with Gasteiger partial charge in [0.2, 0.25) is 33.7 Å². The molecule has 0 spiro atoms. The van der Waals surface area contributed by atoms with Crippen LogP contribution < -0.4 is 32.1 Å². The minimum atomic E-state index is -3.99. The number of halogens is 1. The van der Waals surface area contributed by atoms with Crippen molar-refractivity contribution in [2.45, 2.75) is 69.7 Å². The van der Waals surface area contributed by atoms with Crippen LogP contribution in [0.1, 0.15) is 60.6 Å². The van der Waals surface area contributed by atoms with Crippen molar-refractivity contribution >= 4 is 51.2 Å². The SMILES string of the molecule is C[C@@H]1NC(=O)[C@@H](N(C)C(=O)[C@H](CCCCN)NC(=O)c2ccc(-c3ccc(Cl)cc3)cc2)c2ccc(O)c(c2)-c2cc(ccc2O)C[C@@H](C(=O)N[C@@H](C)/C=C/S(N)(=O)=O)NC1=O. The largest absolute Gasteiger partial charge is 0.507 e. The molecule has 0 saturated carbocycles. The van der Waals surface area contributed by atoms with Crippen molar-refractivity contribution in [3.63, 3.8) is 0 Å². The topological polar surface area (TPSA) is 263 Å². The molecule has 4 bridgehead atoms. The van der Waals surface area contributed by atoms with Gasteiger partial charge in [0.1, 0.15) is 35.7 Å². The Bertz CT molecular complexity index is 2450. The maximum absolute atomic E-state index is 14.5. The third kappa shape index (κ3) is 12.2. The molecule has 0 radical (unpaired) electrons. The molecule has 62 heavy (non-hydrogen) atoms. The van der Waals surface area contributed by atoms with Crippen molar-refractivity contribution in [1.82, 2.24) is 26.2 Å². The molecule has 0 aliphatic carbocycles. The van der Waals surface area contributed by atoms with Crippen LogP contribution in [0.25, 0.3) is 22.3 Å². The lowest BCUT2D eigenvalue weighted by Gasteiger charge is -2.32. The van der Waals surface area contributed by atoms with Crippen LogP contribution in [-0.4, -0.2) is 90.8 Å². The third-order valence-corrected chi connectivity index (χ3v) is 11.1. The first-order valence-corrected chi connectivity index (χ1v) is 21.7. The summed E-state index contributed by atoms with van der Waals surface area (Å²) in [5.74, 6) is -4.02. The highest BCUT2D eigenvalue weighted by atomic mass is 35.5. The Balaban J connectivity index is 1.49. The second-order valence-corrected chi connectivity index (χ2v) is 17.0. The fraction of sp³-hybridized carbons (Fsp3) is 0.295. The molecule has 1 aliphatic heterocycles. The van der Waals surface area contributed by atoms with Gasteiger partial charge in [-0.1, -0.05) is 48.0 Å². The van der Waals surface area contributed by atoms with E-state index in [4.69, 9.17) is 22.5 Å². The van der Waals surface area contributed by atoms with Gasteiger partial charge in [0.15, 0.2) is 0 Å². The van der Waals surface area contributed by atoms with Gasteiger partial charge >= 0.3 is 0 Å². The predicted octanol–water partition coefficient (Wildman–Crippen LogP) is 3.36. The fourth-order valence-electron chi connectivity index (χ4n) is 6.94. The molecular weight excluding hydrogens is 838 g/mol. The molecule has 10 N–H and O–H groups in total. The van der Waals surface area contributed by atoms with Gasteiger partial charge in [0.25, 0.3) is 5.91 Å². The zero-order chi connectivity index (χ0) is 45.3. The van der Waals surface area contributed by atoms with E-state index in [1.165, 1.54) is 57.3 Å². The zero-order valence-electron chi connectivity index (χ0n) is 34.3. The predicted molar refractivity (Wildman–Crippen MR) is 235 cm³/mol. The lowest BCUT2D eigenvalue weighted by Crippen LogP contribution is -2.56. The van der Waals surface area contributed by atoms with Crippen LogP contribution in [0.4, 0.5) is 0 Å². The quantitative estimate of drug-likeness (QED) is 0.0908. The highest BCUT2D eigenvalue weighted by Gasteiger charge is 2.36. The second-order valence-electron chi connectivity index (χ2n) is 15.1. The average Bonchev–Trinajstić information content (AvgIpc) is 3.23. The van der Waals surface area contributed by atoms with E-state index in [-0.39, 0.29) is 46.6 Å². The summed E-state index contributed by atoms with van der Waals surface area (Å²) < 4.78 is 22.9. The van der Waals surface area contributed by atoms with Crippen LogP contribution in [0, 0.1) is 0 Å². The van der Waals surface area contributed by atoms with Gasteiger partial charge in [-0.2, -0.15) is 0 Å². The van der Waals surface area contributed by atoms with E-state index in [1.807, 2.05) is 12.1 Å². The molecule has 0 unspecified atom stereocenters. The van der Waals surface area contributed by atoms with Gasteiger partial charge in [-0.3, -0.25) is 24.0 Å². The lowest BCUT2D eigenvalue weighted by atomic mass is 9.93. The summed E-state index contributed by atoms with van der Waals surface area (Å²) in [6.07, 6.45) is 2.20. The number of likely N-dealkylation sites (N-methyl/N-ethyl adjacent to an activating group) is 1. The van der Waals surface area contributed by atoms with E-state index < -0.39 is 69.8 Å². The Morgan fingerprint density at radius 3 is 2.13 bits per heavy atom. The summed E-state index contributed by atoms with van der Waals surface area (Å²) in [5.41, 5.74) is 8.63. The minimum Gasteiger partial charge on any atom is -0.507 e. The molecule has 1 aliphatic rings. The standard InChI is InChI=1S/C44H50ClN7O9S/c1-25(19-21-62(47,60)61)48-42(57)36-23-27-7-17-37(53)33(22-27)34-24-31(14-18-38(34)54)39(43(58)49-26(2)40(55)51-36)52(3)44(59)35(6-4-5-20-46)50-41(56)30-10-8-28(9-11-30)29-12-15-32(45)16-13-29/h7-19,21-22,24-26,35-36,39,53-54H,4-6,20,23,46H2,1-3H3,(H,48,57)(H,49,58)(H,50,56)(H,51,55)(H2,47,60,61)/b21-19+/t25-,26-,35-,36-,39-/m0/s1. The first-order chi connectivity index (χ1) is 29.3. The van der Waals surface area contributed by atoms with E-state index in [0.717, 1.165) is 27.5 Å². The van der Waals surface area contributed by atoms with E-state index in [2.05, 4.69) is 21.3 Å². The lowest BCUT2D eigenvalue weighted by molar-refractivity contribution is -0.141. The first kappa shape index (κ1) is 46.8. The molecule has 16 nitrogen and oxygen atoms in total. The Morgan fingerprint density at radius 1 is 0.887 bits per heavy atom. The van der Waals surface area contributed by atoms with Crippen molar-refractivity contribution in [1.29, 1.82) is 0 Å². The molecule has 0 fully saturated rings. The molecule has 0 aromatic heterocycles. The van der Waals surface area contributed by atoms with Crippen LogP contribution in [-0.2, 0) is 35.6 Å². The molecule has 328 valence electrons. The number of primary sulfonamides is 1. The molecule has 0 saturated heterocycles. The van der Waals surface area contributed by atoms with Crippen LogP contribution in [0.3, 0.4) is 0 Å². The number of unbranched alkanes of at least 4 members (excludes halogenated alkanes) is 1. The van der Waals surface area contributed by atoms with Gasteiger partial charge in [-0.05, 0) is 117 Å². The van der Waals surface area contributed by atoms with Gasteiger partial charge < -0.3 is 42.1 Å². The number of rotatable bonds is 13. The van der Waals surface area contributed by atoms with Crippen LogP contribution >= 0.6 is 11.6 Å². The van der Waals surface area contributed by atoms with Crippen LogP contribution in [0.2, 0.25) is 5.02 Å². The molecule has 5 amide bonds. The van der Waals surface area contributed by atoms with E-state index in [1.54, 1.807) is 36.4 Å². The Labute approximate surface area is 364 Å². The van der Waals surface area contributed by atoms with Gasteiger partial charge in [-0.15, -0.1) is 0 Å². The minimum absolute atomic E-state index is 0.0900. The first-order valence-electron chi connectivity index (χ1n) is 19.8. The number of benzene rings is 4. The summed E-state index contributed by atoms with van der Waals surface area (Å²) >= 11 is 6.04. The summed E-state index contributed by atoms with van der Waals surface area (Å²) in [5, 5.41) is 39.2. The molecule has 18 heteroatoms. The maximum atomic E-state index is 14.5. The molecule has 5 atom stereocenters. The molecule has 1 heterocycles. The smallest absolute Gasteiger partial charge is 0.251 e. The number of carbonyl (C=O) groups is 5. The maximum Gasteiger partial charge on any atom is 0.251 e. The number of nitrogens with two attached hydrogens (primary N) is 2. The van der Waals surface area contributed by atoms with Crippen molar-refractivity contribution < 1.29 is 42.6 Å². The molecule has 5 rings (SSSR count). The number of amides is 5.